The Morgan fingerprint density at radius 1 is 1.06 bits per heavy atom. The lowest BCUT2D eigenvalue weighted by atomic mass is 10.1. The number of nitrogens with one attached hydrogen (secondary N) is 1. The number of aliphatic hydroxyl groups excluding tert-OH is 2. The van der Waals surface area contributed by atoms with E-state index in [0.717, 1.165) is 25.7 Å². The van der Waals surface area contributed by atoms with Crippen LogP contribution in [0.3, 0.4) is 0 Å². The van der Waals surface area contributed by atoms with E-state index in [1.807, 2.05) is 0 Å². The van der Waals surface area contributed by atoms with Gasteiger partial charge in [0.15, 0.2) is 0 Å². The van der Waals surface area contributed by atoms with Gasteiger partial charge in [0.05, 0.1) is 0 Å². The summed E-state index contributed by atoms with van der Waals surface area (Å²) in [5, 5.41) is 26.4. The number of carbonyl (C=O) groups is 1. The van der Waals surface area contributed by atoms with E-state index in [9.17, 15) is 4.79 Å². The van der Waals surface area contributed by atoms with Crippen molar-refractivity contribution >= 4 is 40.8 Å². The maximum Gasteiger partial charge on any atom is 0.303 e. The van der Waals surface area contributed by atoms with Crippen LogP contribution in [0.2, 0.25) is 0 Å². The van der Waals surface area contributed by atoms with Crippen LogP contribution in [0.4, 0.5) is 0 Å². The topological polar surface area (TPSA) is 116 Å². The summed E-state index contributed by atoms with van der Waals surface area (Å²) in [5.41, 5.74) is 4.40. The van der Waals surface area contributed by atoms with Crippen molar-refractivity contribution < 1.29 is 20.1 Å². The maximum absolute atomic E-state index is 10.1. The SMILES string of the molecule is NC(O)=S.O=C(O)CCCCCCNC(O)=S. The molecule has 6 nitrogen and oxygen atoms in total. The zero-order chi connectivity index (χ0) is 13.7. The van der Waals surface area contributed by atoms with Gasteiger partial charge in [-0.05, 0) is 37.3 Å². The molecule has 0 aromatic carbocycles. The molecule has 0 aromatic rings. The second-order valence-electron chi connectivity index (χ2n) is 3.13. The molecule has 0 saturated heterocycles. The minimum absolute atomic E-state index is 0.175. The smallest absolute Gasteiger partial charge is 0.303 e. The van der Waals surface area contributed by atoms with Gasteiger partial charge in [0, 0.05) is 13.0 Å². The molecule has 17 heavy (non-hydrogen) atoms. The molecule has 0 heterocycles. The number of hydrogen-bond donors (Lipinski definition) is 5. The summed E-state index contributed by atoms with van der Waals surface area (Å²) in [7, 11) is 0. The second-order valence-corrected chi connectivity index (χ2v) is 3.93. The number of carboxylic acids is 1. The summed E-state index contributed by atoms with van der Waals surface area (Å²) in [6.07, 6.45) is 3.74. The largest absolute Gasteiger partial charge is 0.487 e. The molecule has 0 rings (SSSR count). The summed E-state index contributed by atoms with van der Waals surface area (Å²) in [4.78, 5) is 10.1. The highest BCUT2D eigenvalue weighted by atomic mass is 32.1. The van der Waals surface area contributed by atoms with Gasteiger partial charge in [0.25, 0.3) is 10.3 Å². The highest BCUT2D eigenvalue weighted by molar-refractivity contribution is 7.80. The molecule has 6 N–H and O–H groups in total. The standard InChI is InChI=1S/C8H15NO3S.CH3NOS/c10-7(11)5-3-1-2-4-6-9-8(12)13;2-1(3)4/h1-6H2,(H,10,11)(H2,9,12,13);(H3,2,3,4). The number of aliphatic carboxylic acids is 1. The molecule has 8 heteroatoms. The monoisotopic (exact) mass is 282 g/mol. The number of unbranched alkanes of at least 4 members (excludes halogenated alkanes) is 3. The number of carboxylic acid groups (broad SMARTS) is 1. The number of thiocarbonyl (C=S) groups is 2. The number of hydrogen-bond acceptors (Lipinski definition) is 3. The van der Waals surface area contributed by atoms with Gasteiger partial charge < -0.3 is 26.4 Å². The zero-order valence-electron chi connectivity index (χ0n) is 9.39. The van der Waals surface area contributed by atoms with E-state index in [4.69, 9.17) is 15.3 Å². The lowest BCUT2D eigenvalue weighted by molar-refractivity contribution is -0.137. The van der Waals surface area contributed by atoms with Crippen molar-refractivity contribution in [2.45, 2.75) is 32.1 Å². The Morgan fingerprint density at radius 3 is 1.94 bits per heavy atom. The average molecular weight is 282 g/mol. The number of rotatable bonds is 7. The van der Waals surface area contributed by atoms with E-state index in [0.29, 0.717) is 6.54 Å². The van der Waals surface area contributed by atoms with Crippen LogP contribution in [-0.2, 0) is 4.79 Å². The van der Waals surface area contributed by atoms with Crippen molar-refractivity contribution in [1.82, 2.24) is 5.32 Å². The Hall–Kier alpha value is -1.15. The average Bonchev–Trinajstić information content (AvgIpc) is 2.14. The van der Waals surface area contributed by atoms with Crippen molar-refractivity contribution in [3.8, 4) is 0 Å². The lowest BCUT2D eigenvalue weighted by Gasteiger charge is -2.01. The summed E-state index contributed by atoms with van der Waals surface area (Å²) in [5.74, 6) is -0.741. The van der Waals surface area contributed by atoms with Crippen molar-refractivity contribution in [3.05, 3.63) is 0 Å². The third kappa shape index (κ3) is 31.3. The van der Waals surface area contributed by atoms with Crippen LogP contribution < -0.4 is 11.1 Å². The molecule has 0 aliphatic carbocycles. The van der Waals surface area contributed by atoms with Gasteiger partial charge in [-0.15, -0.1) is 0 Å². The van der Waals surface area contributed by atoms with Gasteiger partial charge in [-0.3, -0.25) is 4.79 Å². The highest BCUT2D eigenvalue weighted by Crippen LogP contribution is 2.01. The molecular formula is C9H18N2O4S2. The molecule has 0 saturated carbocycles. The van der Waals surface area contributed by atoms with Crippen LogP contribution in [-0.4, -0.2) is 38.2 Å². The van der Waals surface area contributed by atoms with Crippen LogP contribution in [0.15, 0.2) is 0 Å². The molecular weight excluding hydrogens is 264 g/mol. The molecule has 0 bridgehead atoms. The lowest BCUT2D eigenvalue weighted by Crippen LogP contribution is -2.21. The molecule has 0 aliphatic heterocycles. The highest BCUT2D eigenvalue weighted by Gasteiger charge is 1.96. The molecule has 0 amide bonds. The van der Waals surface area contributed by atoms with E-state index in [1.54, 1.807) is 0 Å². The molecule has 0 aliphatic rings. The molecule has 0 fully saturated rings. The van der Waals surface area contributed by atoms with Crippen molar-refractivity contribution in [3.63, 3.8) is 0 Å². The first kappa shape index (κ1) is 18.2. The Labute approximate surface area is 111 Å². The van der Waals surface area contributed by atoms with Gasteiger partial charge in [0.2, 0.25) is 0 Å². The van der Waals surface area contributed by atoms with E-state index in [2.05, 4.69) is 35.5 Å². The van der Waals surface area contributed by atoms with Crippen molar-refractivity contribution in [2.24, 2.45) is 5.73 Å². The Morgan fingerprint density at radius 2 is 1.53 bits per heavy atom. The summed E-state index contributed by atoms with van der Waals surface area (Å²) >= 11 is 8.27. The first-order valence-corrected chi connectivity index (χ1v) is 5.85. The van der Waals surface area contributed by atoms with Gasteiger partial charge in [0.1, 0.15) is 0 Å². The molecule has 0 atom stereocenters. The minimum atomic E-state index is -0.741. The maximum atomic E-state index is 10.1. The minimum Gasteiger partial charge on any atom is -0.487 e. The fraction of sp³-hybridized carbons (Fsp3) is 0.667. The van der Waals surface area contributed by atoms with E-state index in [1.165, 1.54) is 0 Å². The Bertz CT molecular complexity index is 227. The molecule has 0 radical (unpaired) electrons. The van der Waals surface area contributed by atoms with Gasteiger partial charge in [-0.1, -0.05) is 12.8 Å². The van der Waals surface area contributed by atoms with E-state index in [-0.39, 0.29) is 11.6 Å². The van der Waals surface area contributed by atoms with E-state index < -0.39 is 11.1 Å². The van der Waals surface area contributed by atoms with Crippen LogP contribution in [0, 0.1) is 0 Å². The summed E-state index contributed by atoms with van der Waals surface area (Å²) < 4.78 is 0. The molecule has 0 unspecified atom stereocenters. The molecule has 100 valence electrons. The summed E-state index contributed by atoms with van der Waals surface area (Å²) in [6.45, 7) is 0.655. The first-order chi connectivity index (χ1) is 7.86. The van der Waals surface area contributed by atoms with Gasteiger partial charge >= 0.3 is 5.97 Å². The Kier molecular flexibility index (Phi) is 13.8. The van der Waals surface area contributed by atoms with Crippen molar-refractivity contribution in [2.75, 3.05) is 6.54 Å². The van der Waals surface area contributed by atoms with Crippen LogP contribution in [0.1, 0.15) is 32.1 Å². The predicted molar refractivity (Wildman–Crippen MR) is 73.4 cm³/mol. The first-order valence-electron chi connectivity index (χ1n) is 5.03. The van der Waals surface area contributed by atoms with Crippen LogP contribution in [0.25, 0.3) is 0 Å². The normalized spacial score (nSPS) is 8.71. The molecule has 0 aromatic heterocycles. The predicted octanol–water partition coefficient (Wildman–Crippen LogP) is 1.24. The zero-order valence-corrected chi connectivity index (χ0v) is 11.0. The summed E-state index contributed by atoms with van der Waals surface area (Å²) in [6, 6.07) is 0. The van der Waals surface area contributed by atoms with Crippen molar-refractivity contribution in [1.29, 1.82) is 0 Å². The van der Waals surface area contributed by atoms with Gasteiger partial charge in [-0.25, -0.2) is 0 Å². The number of nitrogens with two attached hydrogens (primary N) is 1. The fourth-order valence-corrected chi connectivity index (χ4v) is 1.05. The Balaban J connectivity index is 0. The van der Waals surface area contributed by atoms with Gasteiger partial charge in [-0.2, -0.15) is 0 Å². The fourth-order valence-electron chi connectivity index (χ4n) is 0.950. The van der Waals surface area contributed by atoms with Crippen LogP contribution >= 0.6 is 24.4 Å². The second kappa shape index (κ2) is 12.9. The van der Waals surface area contributed by atoms with Crippen LogP contribution in [0.5, 0.6) is 0 Å². The third-order valence-electron chi connectivity index (χ3n) is 1.59. The third-order valence-corrected chi connectivity index (χ3v) is 1.74. The number of aliphatic hydroxyl groups is 2. The molecule has 0 spiro atoms. The quantitative estimate of drug-likeness (QED) is 0.350. The van der Waals surface area contributed by atoms with E-state index >= 15 is 0 Å².